The van der Waals surface area contributed by atoms with Crippen molar-refractivity contribution in [2.45, 2.75) is 33.1 Å². The molecule has 0 fully saturated rings. The van der Waals surface area contributed by atoms with E-state index in [9.17, 15) is 4.79 Å². The van der Waals surface area contributed by atoms with Gasteiger partial charge in [0.2, 0.25) is 0 Å². The molecule has 150 valence electrons. The molecule has 1 amide bonds. The number of halogens is 1. The molecule has 0 aliphatic carbocycles. The molecule has 5 heteroatoms. The van der Waals surface area contributed by atoms with Crippen LogP contribution in [0.4, 0.5) is 17.2 Å². The number of pyridine rings is 1. The molecule has 0 aliphatic rings. The molecular weight excluding hydrogens is 382 g/mol. The molecule has 3 aromatic rings. The second-order valence-electron chi connectivity index (χ2n) is 8.15. The smallest absolute Gasteiger partial charge is 0.255 e. The predicted molar refractivity (Wildman–Crippen MR) is 122 cm³/mol. The van der Waals surface area contributed by atoms with Gasteiger partial charge >= 0.3 is 0 Å². The number of benzene rings is 2. The van der Waals surface area contributed by atoms with E-state index in [1.165, 1.54) is 5.56 Å². The van der Waals surface area contributed by atoms with E-state index in [-0.39, 0.29) is 11.3 Å². The molecular formula is C24H26ClN3O. The molecule has 0 unspecified atom stereocenters. The number of hydrogen-bond acceptors (Lipinski definition) is 3. The Bertz CT molecular complexity index is 1020. The third-order valence-corrected chi connectivity index (χ3v) is 5.19. The van der Waals surface area contributed by atoms with Gasteiger partial charge in [-0.05, 0) is 59.9 Å². The van der Waals surface area contributed by atoms with E-state index < -0.39 is 0 Å². The molecule has 0 saturated heterocycles. The van der Waals surface area contributed by atoms with Gasteiger partial charge in [0.1, 0.15) is 0 Å². The molecule has 0 saturated carbocycles. The molecule has 0 aliphatic heterocycles. The molecule has 0 bridgehead atoms. The van der Waals surface area contributed by atoms with Crippen LogP contribution in [-0.2, 0) is 5.41 Å². The Morgan fingerprint density at radius 2 is 1.76 bits per heavy atom. The van der Waals surface area contributed by atoms with Gasteiger partial charge < -0.3 is 10.2 Å². The van der Waals surface area contributed by atoms with Crippen molar-refractivity contribution in [2.24, 2.45) is 0 Å². The van der Waals surface area contributed by atoms with Crippen LogP contribution in [0, 0.1) is 6.92 Å². The summed E-state index contributed by atoms with van der Waals surface area (Å²) in [7, 11) is 1.89. The van der Waals surface area contributed by atoms with Crippen molar-refractivity contribution in [3.63, 3.8) is 0 Å². The van der Waals surface area contributed by atoms with E-state index in [0.717, 1.165) is 16.9 Å². The second kappa shape index (κ2) is 8.26. The Labute approximate surface area is 177 Å². The van der Waals surface area contributed by atoms with Gasteiger partial charge in [-0.25, -0.2) is 4.98 Å². The third-order valence-electron chi connectivity index (χ3n) is 4.90. The normalized spacial score (nSPS) is 11.2. The van der Waals surface area contributed by atoms with Gasteiger partial charge in [-0.2, -0.15) is 0 Å². The van der Waals surface area contributed by atoms with Crippen LogP contribution >= 0.6 is 11.6 Å². The largest absolute Gasteiger partial charge is 0.328 e. The Morgan fingerprint density at radius 3 is 2.38 bits per heavy atom. The summed E-state index contributed by atoms with van der Waals surface area (Å²) in [5, 5.41) is 3.53. The topological polar surface area (TPSA) is 45.2 Å². The highest BCUT2D eigenvalue weighted by Gasteiger charge is 2.16. The number of amides is 1. The lowest BCUT2D eigenvalue weighted by Gasteiger charge is -2.22. The molecule has 29 heavy (non-hydrogen) atoms. The predicted octanol–water partition coefficient (Wildman–Crippen LogP) is 6.36. The number of rotatable bonds is 4. The first-order valence-corrected chi connectivity index (χ1v) is 9.91. The molecule has 0 atom stereocenters. The lowest BCUT2D eigenvalue weighted by atomic mass is 9.87. The van der Waals surface area contributed by atoms with Crippen molar-refractivity contribution < 1.29 is 4.79 Å². The fraction of sp³-hybridized carbons (Fsp3) is 0.250. The molecule has 4 nitrogen and oxygen atoms in total. The van der Waals surface area contributed by atoms with Crippen molar-refractivity contribution in [1.29, 1.82) is 0 Å². The van der Waals surface area contributed by atoms with E-state index >= 15 is 0 Å². The van der Waals surface area contributed by atoms with Crippen molar-refractivity contribution in [3.05, 3.63) is 82.5 Å². The quantitative estimate of drug-likeness (QED) is 0.547. The maximum Gasteiger partial charge on any atom is 0.255 e. The molecule has 1 N–H and O–H groups in total. The summed E-state index contributed by atoms with van der Waals surface area (Å²) >= 11 is 6.29. The van der Waals surface area contributed by atoms with Crippen LogP contribution in [0.3, 0.4) is 0 Å². The summed E-state index contributed by atoms with van der Waals surface area (Å²) in [6.07, 6.45) is 1.70. The minimum absolute atomic E-state index is 0.0751. The van der Waals surface area contributed by atoms with Gasteiger partial charge in [0.25, 0.3) is 5.91 Å². The van der Waals surface area contributed by atoms with E-state index in [1.54, 1.807) is 18.3 Å². The summed E-state index contributed by atoms with van der Waals surface area (Å²) in [6, 6.07) is 17.2. The van der Waals surface area contributed by atoms with Crippen LogP contribution in [-0.4, -0.2) is 17.9 Å². The van der Waals surface area contributed by atoms with E-state index in [1.807, 2.05) is 61.3 Å². The average molecular weight is 408 g/mol. The summed E-state index contributed by atoms with van der Waals surface area (Å²) in [4.78, 5) is 19.1. The Balaban J connectivity index is 1.83. The van der Waals surface area contributed by atoms with Gasteiger partial charge in [-0.15, -0.1) is 0 Å². The van der Waals surface area contributed by atoms with E-state index in [2.05, 4.69) is 31.1 Å². The lowest BCUT2D eigenvalue weighted by Crippen LogP contribution is -2.16. The fourth-order valence-electron chi connectivity index (χ4n) is 3.11. The summed E-state index contributed by atoms with van der Waals surface area (Å²) < 4.78 is 0. The van der Waals surface area contributed by atoms with Gasteiger partial charge in [-0.3, -0.25) is 4.79 Å². The Morgan fingerprint density at radius 1 is 1.07 bits per heavy atom. The van der Waals surface area contributed by atoms with Crippen molar-refractivity contribution in [1.82, 2.24) is 4.98 Å². The van der Waals surface area contributed by atoms with Crippen molar-refractivity contribution >= 4 is 34.7 Å². The zero-order chi connectivity index (χ0) is 21.2. The number of aromatic nitrogens is 1. The van der Waals surface area contributed by atoms with Crippen molar-refractivity contribution in [3.8, 4) is 0 Å². The highest BCUT2D eigenvalue weighted by atomic mass is 35.5. The molecule has 1 heterocycles. The monoisotopic (exact) mass is 407 g/mol. The Hall–Kier alpha value is -2.85. The molecule has 0 radical (unpaired) electrons. The minimum Gasteiger partial charge on any atom is -0.328 e. The van der Waals surface area contributed by atoms with Crippen LogP contribution in [0.25, 0.3) is 0 Å². The zero-order valence-corrected chi connectivity index (χ0v) is 18.2. The highest BCUT2D eigenvalue weighted by Crippen LogP contribution is 2.31. The van der Waals surface area contributed by atoms with Crippen LogP contribution in [0.1, 0.15) is 42.3 Å². The van der Waals surface area contributed by atoms with Crippen LogP contribution in [0.2, 0.25) is 5.02 Å². The minimum atomic E-state index is -0.157. The lowest BCUT2D eigenvalue weighted by molar-refractivity contribution is 0.102. The van der Waals surface area contributed by atoms with E-state index in [4.69, 9.17) is 11.6 Å². The van der Waals surface area contributed by atoms with Gasteiger partial charge in [0.15, 0.2) is 5.82 Å². The van der Waals surface area contributed by atoms with Gasteiger partial charge in [0, 0.05) is 30.2 Å². The standard InChI is InChI=1S/C24H26ClN3O/c1-16-8-9-17(15-21(16)28(5)22-20(25)7-6-14-26-22)23(29)27-19-12-10-18(11-13-19)24(2,3)4/h6-15H,1-5H3,(H,27,29). The van der Waals surface area contributed by atoms with Gasteiger partial charge in [-0.1, -0.05) is 50.6 Å². The zero-order valence-electron chi connectivity index (χ0n) is 17.5. The number of hydrogen-bond donors (Lipinski definition) is 1. The van der Waals surface area contributed by atoms with Crippen LogP contribution in [0.15, 0.2) is 60.8 Å². The SMILES string of the molecule is Cc1ccc(C(=O)Nc2ccc(C(C)(C)C)cc2)cc1N(C)c1ncccc1Cl. The fourth-order valence-corrected chi connectivity index (χ4v) is 3.36. The number of carbonyl (C=O) groups is 1. The number of nitrogens with zero attached hydrogens (tertiary/aromatic N) is 2. The Kier molecular flexibility index (Phi) is 5.94. The molecule has 3 rings (SSSR count). The summed E-state index contributed by atoms with van der Waals surface area (Å²) in [5.41, 5.74) is 4.55. The summed E-state index contributed by atoms with van der Waals surface area (Å²) in [5.74, 6) is 0.489. The maximum absolute atomic E-state index is 12.8. The average Bonchev–Trinajstić information content (AvgIpc) is 2.68. The number of aryl methyl sites for hydroxylation is 1. The maximum atomic E-state index is 12.8. The number of anilines is 3. The van der Waals surface area contributed by atoms with Gasteiger partial charge in [0.05, 0.1) is 5.02 Å². The second-order valence-corrected chi connectivity index (χ2v) is 8.56. The number of carbonyl (C=O) groups excluding carboxylic acids is 1. The first-order valence-electron chi connectivity index (χ1n) is 9.53. The molecule has 1 aromatic heterocycles. The van der Waals surface area contributed by atoms with E-state index in [0.29, 0.717) is 16.4 Å². The number of nitrogens with one attached hydrogen (secondary N) is 1. The van der Waals surface area contributed by atoms with Crippen LogP contribution in [0.5, 0.6) is 0 Å². The highest BCUT2D eigenvalue weighted by molar-refractivity contribution is 6.33. The molecule has 2 aromatic carbocycles. The first kappa shape index (κ1) is 20.9. The third kappa shape index (κ3) is 4.77. The van der Waals surface area contributed by atoms with Crippen LogP contribution < -0.4 is 10.2 Å². The first-order chi connectivity index (χ1) is 13.7. The van der Waals surface area contributed by atoms with Crippen molar-refractivity contribution in [2.75, 3.05) is 17.3 Å². The molecule has 0 spiro atoms. The summed E-state index contributed by atoms with van der Waals surface area (Å²) in [6.45, 7) is 8.49.